The third-order valence-corrected chi connectivity index (χ3v) is 5.70. The first-order valence-electron chi connectivity index (χ1n) is 9.42. The van der Waals surface area contributed by atoms with Crippen molar-refractivity contribution >= 4 is 33.5 Å². The average molecular weight is 446 g/mol. The van der Waals surface area contributed by atoms with Crippen molar-refractivity contribution in [1.29, 1.82) is 0 Å². The Morgan fingerprint density at radius 3 is 2.45 bits per heavy atom. The number of carbonyl (C=O) groups excluding carboxylic acids is 1. The molecule has 10 nitrogen and oxygen atoms in total. The maximum atomic E-state index is 13.0. The summed E-state index contributed by atoms with van der Waals surface area (Å²) in [7, 11) is 0. The Morgan fingerprint density at radius 1 is 1.16 bits per heavy atom. The van der Waals surface area contributed by atoms with Gasteiger partial charge in [-0.05, 0) is 30.0 Å². The molecule has 0 saturated heterocycles. The number of carbonyl (C=O) groups is 2. The lowest BCUT2D eigenvalue weighted by molar-refractivity contribution is -0.142. The second-order valence-corrected chi connectivity index (χ2v) is 7.57. The molecule has 0 bridgehead atoms. The molecule has 162 valence electrons. The van der Waals surface area contributed by atoms with Crippen LogP contribution in [-0.4, -0.2) is 39.1 Å². The Hall–Kier alpha value is -3.60. The number of thiophene rings is 1. The largest absolute Gasteiger partial charge is 0.480 e. The topological polar surface area (TPSA) is 126 Å². The van der Waals surface area contributed by atoms with E-state index < -0.39 is 36.0 Å². The van der Waals surface area contributed by atoms with Crippen molar-refractivity contribution < 1.29 is 28.9 Å². The van der Waals surface area contributed by atoms with E-state index in [0.29, 0.717) is 26.5 Å². The highest BCUT2D eigenvalue weighted by atomic mass is 32.1. The highest BCUT2D eigenvalue weighted by Crippen LogP contribution is 2.34. The lowest BCUT2D eigenvalue weighted by Gasteiger charge is -2.15. The minimum atomic E-state index is -1.34. The number of esters is 1. The average Bonchev–Trinajstić information content (AvgIpc) is 3.32. The smallest absolute Gasteiger partial charge is 0.332 e. The van der Waals surface area contributed by atoms with E-state index in [-0.39, 0.29) is 25.0 Å². The standard InChI is InChI=1S/C20H18N2O8S/c1-2-28-15(25)7-11-10-31-19-17(11)18(26)21(8-14(23)24)20(27)22(19)9-16-29-12-5-3-4-6-13(12)30-16/h3-6,10,16H,2,7-9H2,1H3,(H,23,24). The van der Waals surface area contributed by atoms with Crippen molar-refractivity contribution in [1.82, 2.24) is 9.13 Å². The van der Waals surface area contributed by atoms with E-state index >= 15 is 0 Å². The van der Waals surface area contributed by atoms with Gasteiger partial charge in [0.05, 0.1) is 18.4 Å². The zero-order valence-electron chi connectivity index (χ0n) is 16.4. The lowest BCUT2D eigenvalue weighted by Crippen LogP contribution is -2.43. The summed E-state index contributed by atoms with van der Waals surface area (Å²) in [6, 6.07) is 7.01. The molecule has 4 rings (SSSR count). The van der Waals surface area contributed by atoms with Gasteiger partial charge >= 0.3 is 17.6 Å². The molecular weight excluding hydrogens is 428 g/mol. The van der Waals surface area contributed by atoms with Gasteiger partial charge in [0, 0.05) is 0 Å². The van der Waals surface area contributed by atoms with Crippen LogP contribution < -0.4 is 20.7 Å². The normalized spacial score (nSPS) is 12.9. The Bertz CT molecular complexity index is 1260. The SMILES string of the molecule is CCOC(=O)Cc1csc2c1c(=O)n(CC(=O)O)c(=O)n2CC1Oc2ccccc2O1. The van der Waals surface area contributed by atoms with Gasteiger partial charge in [-0.2, -0.15) is 0 Å². The minimum Gasteiger partial charge on any atom is -0.480 e. The molecule has 0 amide bonds. The van der Waals surface area contributed by atoms with Crippen LogP contribution in [0.25, 0.3) is 10.2 Å². The highest BCUT2D eigenvalue weighted by molar-refractivity contribution is 7.17. The predicted molar refractivity (Wildman–Crippen MR) is 110 cm³/mol. The van der Waals surface area contributed by atoms with E-state index in [1.54, 1.807) is 36.6 Å². The van der Waals surface area contributed by atoms with Crippen molar-refractivity contribution in [2.45, 2.75) is 32.7 Å². The number of fused-ring (bicyclic) bond motifs is 2. The molecule has 0 saturated carbocycles. The molecule has 3 heterocycles. The van der Waals surface area contributed by atoms with Crippen LogP contribution in [0, 0.1) is 0 Å². The Kier molecular flexibility index (Phi) is 5.51. The quantitative estimate of drug-likeness (QED) is 0.537. The van der Waals surface area contributed by atoms with Gasteiger partial charge in [-0.15, -0.1) is 11.3 Å². The summed E-state index contributed by atoms with van der Waals surface area (Å²) in [5.74, 6) is -0.829. The summed E-state index contributed by atoms with van der Waals surface area (Å²) >= 11 is 1.11. The van der Waals surface area contributed by atoms with E-state index in [9.17, 15) is 24.3 Å². The van der Waals surface area contributed by atoms with Crippen LogP contribution in [0.1, 0.15) is 12.5 Å². The number of hydrogen-bond donors (Lipinski definition) is 1. The Labute approximate surface area is 178 Å². The van der Waals surface area contributed by atoms with Gasteiger partial charge in [-0.1, -0.05) is 12.1 Å². The number of para-hydroxylation sites is 2. The fourth-order valence-corrected chi connectivity index (χ4v) is 4.44. The number of rotatable bonds is 7. The maximum absolute atomic E-state index is 13.0. The van der Waals surface area contributed by atoms with Crippen LogP contribution >= 0.6 is 11.3 Å². The van der Waals surface area contributed by atoms with Gasteiger partial charge in [0.15, 0.2) is 11.5 Å². The molecule has 0 spiro atoms. The van der Waals surface area contributed by atoms with Gasteiger partial charge in [0.2, 0.25) is 0 Å². The lowest BCUT2D eigenvalue weighted by atomic mass is 10.2. The molecule has 0 unspecified atom stereocenters. The molecular formula is C20H18N2O8S. The van der Waals surface area contributed by atoms with Crippen molar-refractivity contribution in [2.24, 2.45) is 0 Å². The fraction of sp³-hybridized carbons (Fsp3) is 0.300. The predicted octanol–water partition coefficient (Wildman–Crippen LogP) is 1.21. The van der Waals surface area contributed by atoms with Gasteiger partial charge in [-0.25, -0.2) is 9.36 Å². The summed E-state index contributed by atoms with van der Waals surface area (Å²) < 4.78 is 18.3. The molecule has 2 aromatic heterocycles. The van der Waals surface area contributed by atoms with Gasteiger partial charge in [0.25, 0.3) is 11.8 Å². The minimum absolute atomic E-state index is 0.0801. The van der Waals surface area contributed by atoms with Crippen LogP contribution in [0.3, 0.4) is 0 Å². The zero-order valence-corrected chi connectivity index (χ0v) is 17.2. The second-order valence-electron chi connectivity index (χ2n) is 6.71. The number of hydrogen-bond acceptors (Lipinski definition) is 8. The van der Waals surface area contributed by atoms with Crippen molar-refractivity contribution in [3.63, 3.8) is 0 Å². The molecule has 0 fully saturated rings. The zero-order chi connectivity index (χ0) is 22.1. The summed E-state index contributed by atoms with van der Waals surface area (Å²) in [5.41, 5.74) is -1.20. The van der Waals surface area contributed by atoms with Crippen molar-refractivity contribution in [3.8, 4) is 11.5 Å². The fourth-order valence-electron chi connectivity index (χ4n) is 3.37. The molecule has 1 aliphatic heterocycles. The van der Waals surface area contributed by atoms with Crippen LogP contribution in [0.5, 0.6) is 11.5 Å². The molecule has 1 N–H and O–H groups in total. The monoisotopic (exact) mass is 446 g/mol. The third-order valence-electron chi connectivity index (χ3n) is 4.64. The third kappa shape index (κ3) is 3.91. The Morgan fingerprint density at radius 2 is 1.84 bits per heavy atom. The summed E-state index contributed by atoms with van der Waals surface area (Å²) in [5, 5.41) is 10.9. The number of benzene rings is 1. The van der Waals surface area contributed by atoms with E-state index in [2.05, 4.69) is 0 Å². The molecule has 0 aliphatic carbocycles. The molecule has 3 aromatic rings. The number of carboxylic acids is 1. The first kappa shape index (κ1) is 20.7. The number of nitrogens with zero attached hydrogens (tertiary/aromatic N) is 2. The van der Waals surface area contributed by atoms with Gasteiger partial charge < -0.3 is 19.3 Å². The van der Waals surface area contributed by atoms with E-state index in [1.807, 2.05) is 0 Å². The van der Waals surface area contributed by atoms with Gasteiger partial charge in [-0.3, -0.25) is 19.0 Å². The molecule has 0 radical (unpaired) electrons. The van der Waals surface area contributed by atoms with E-state index in [4.69, 9.17) is 14.2 Å². The molecule has 31 heavy (non-hydrogen) atoms. The molecule has 11 heteroatoms. The molecule has 0 atom stereocenters. The van der Waals surface area contributed by atoms with Crippen LogP contribution in [-0.2, 0) is 33.8 Å². The van der Waals surface area contributed by atoms with Crippen LogP contribution in [0.4, 0.5) is 0 Å². The number of aromatic nitrogens is 2. The highest BCUT2D eigenvalue weighted by Gasteiger charge is 2.27. The number of carboxylic acid groups (broad SMARTS) is 1. The molecule has 1 aliphatic rings. The first-order chi connectivity index (χ1) is 14.9. The summed E-state index contributed by atoms with van der Waals surface area (Å²) in [4.78, 5) is 49.5. The van der Waals surface area contributed by atoms with Crippen LogP contribution in [0.2, 0.25) is 0 Å². The second kappa shape index (κ2) is 8.26. The van der Waals surface area contributed by atoms with E-state index in [0.717, 1.165) is 11.3 Å². The number of aliphatic carboxylic acids is 1. The van der Waals surface area contributed by atoms with Crippen LogP contribution in [0.15, 0.2) is 39.2 Å². The van der Waals surface area contributed by atoms with E-state index in [1.165, 1.54) is 4.57 Å². The summed E-state index contributed by atoms with van der Waals surface area (Å²) in [6.45, 7) is 0.963. The summed E-state index contributed by atoms with van der Waals surface area (Å²) in [6.07, 6.45) is -1.01. The Balaban J connectivity index is 1.79. The van der Waals surface area contributed by atoms with Gasteiger partial charge in [0.1, 0.15) is 17.9 Å². The number of ether oxygens (including phenoxy) is 3. The first-order valence-corrected chi connectivity index (χ1v) is 10.3. The maximum Gasteiger partial charge on any atom is 0.332 e. The van der Waals surface area contributed by atoms with Crippen molar-refractivity contribution in [3.05, 3.63) is 56.0 Å². The molecule has 1 aromatic carbocycles. The van der Waals surface area contributed by atoms with Crippen molar-refractivity contribution in [2.75, 3.05) is 6.61 Å².